The minimum absolute atomic E-state index is 0.134. The van der Waals surface area contributed by atoms with Gasteiger partial charge in [-0.05, 0) is 53.4 Å². The van der Waals surface area contributed by atoms with Gasteiger partial charge in [-0.1, -0.05) is 72.7 Å². The van der Waals surface area contributed by atoms with Gasteiger partial charge in [0.25, 0.3) is 0 Å². The third-order valence-electron chi connectivity index (χ3n) is 5.08. The van der Waals surface area contributed by atoms with Crippen LogP contribution >= 0.6 is 0 Å². The Morgan fingerprint density at radius 3 is 1.90 bits per heavy atom. The predicted octanol–water partition coefficient (Wildman–Crippen LogP) is 6.48. The molecular formula is C26H36O3. The second-order valence-electron chi connectivity index (χ2n) is 9.83. The average Bonchev–Trinajstić information content (AvgIpc) is 2.58. The molecule has 0 fully saturated rings. The first-order valence-corrected chi connectivity index (χ1v) is 10.6. The number of esters is 1. The fraction of sp³-hybridized carbons (Fsp3) is 0.500. The van der Waals surface area contributed by atoms with Gasteiger partial charge in [0.05, 0.1) is 0 Å². The summed E-state index contributed by atoms with van der Waals surface area (Å²) in [5.74, 6) is 0.840. The molecule has 0 spiro atoms. The fourth-order valence-electron chi connectivity index (χ4n) is 4.03. The van der Waals surface area contributed by atoms with E-state index in [0.717, 1.165) is 36.0 Å². The summed E-state index contributed by atoms with van der Waals surface area (Å²) < 4.78 is 5.72. The fourth-order valence-corrected chi connectivity index (χ4v) is 4.03. The van der Waals surface area contributed by atoms with Gasteiger partial charge in [-0.15, -0.1) is 0 Å². The van der Waals surface area contributed by atoms with Crippen LogP contribution in [0, 0.1) is 0 Å². The van der Waals surface area contributed by atoms with E-state index in [1.165, 1.54) is 5.56 Å². The molecular weight excluding hydrogens is 360 g/mol. The van der Waals surface area contributed by atoms with Gasteiger partial charge in [-0.2, -0.15) is 0 Å². The Bertz CT molecular complexity index is 851. The van der Waals surface area contributed by atoms with Crippen molar-refractivity contribution in [2.45, 2.75) is 85.0 Å². The zero-order valence-corrected chi connectivity index (χ0v) is 19.1. The maximum atomic E-state index is 12.1. The number of phenols is 1. The summed E-state index contributed by atoms with van der Waals surface area (Å²) in [7, 11) is 0. The molecule has 1 N–H and O–H groups in total. The van der Waals surface area contributed by atoms with Gasteiger partial charge in [-0.3, -0.25) is 4.79 Å². The zero-order chi connectivity index (χ0) is 21.8. The first-order valence-electron chi connectivity index (χ1n) is 10.6. The van der Waals surface area contributed by atoms with Crippen molar-refractivity contribution >= 4 is 5.97 Å². The summed E-state index contributed by atoms with van der Waals surface area (Å²) in [6.45, 7) is 14.8. The number of ether oxygens (including phenoxy) is 1. The second kappa shape index (κ2) is 9.02. The van der Waals surface area contributed by atoms with Crippen molar-refractivity contribution < 1.29 is 14.6 Å². The van der Waals surface area contributed by atoms with Gasteiger partial charge in [-0.25, -0.2) is 0 Å². The van der Waals surface area contributed by atoms with Crippen molar-refractivity contribution in [1.82, 2.24) is 0 Å². The number of rotatable bonds is 6. The number of phenolic OH excluding ortho intramolecular Hbond substituents is 1. The smallest absolute Gasteiger partial charge is 0.311 e. The minimum atomic E-state index is -0.182. The summed E-state index contributed by atoms with van der Waals surface area (Å²) in [6, 6.07) is 11.8. The maximum Gasteiger partial charge on any atom is 0.311 e. The molecule has 2 aromatic rings. The molecule has 0 aliphatic rings. The van der Waals surface area contributed by atoms with E-state index in [9.17, 15) is 9.90 Å². The van der Waals surface area contributed by atoms with E-state index in [1.54, 1.807) is 6.07 Å². The lowest BCUT2D eigenvalue weighted by atomic mass is 9.79. The van der Waals surface area contributed by atoms with Crippen molar-refractivity contribution in [3.05, 3.63) is 58.7 Å². The van der Waals surface area contributed by atoms with Crippen LogP contribution in [0.15, 0.2) is 36.4 Å². The first-order chi connectivity index (χ1) is 13.4. The standard InChI is InChI=1S/C26H36O3/c1-8-11-22(28)29-21-15-10-13-19(24(21)26(5,6)7)17-16-18-12-9-14-20(27)23(18)25(2,3)4/h9-10,12-15,27H,8,11,16-17H2,1-7H3. The predicted molar refractivity (Wildman–Crippen MR) is 120 cm³/mol. The molecule has 0 aliphatic carbocycles. The van der Waals surface area contributed by atoms with Gasteiger partial charge in [0.15, 0.2) is 0 Å². The molecule has 0 saturated carbocycles. The van der Waals surface area contributed by atoms with Gasteiger partial charge in [0.1, 0.15) is 11.5 Å². The lowest BCUT2D eigenvalue weighted by molar-refractivity contribution is -0.134. The summed E-state index contributed by atoms with van der Waals surface area (Å²) in [5, 5.41) is 10.4. The largest absolute Gasteiger partial charge is 0.508 e. The third-order valence-corrected chi connectivity index (χ3v) is 5.08. The number of carbonyl (C=O) groups is 1. The molecule has 0 bridgehead atoms. The molecule has 0 saturated heterocycles. The molecule has 2 aromatic carbocycles. The molecule has 0 amide bonds. The SMILES string of the molecule is CCCC(=O)Oc1cccc(CCc2cccc(O)c2C(C)(C)C)c1C(C)(C)C. The van der Waals surface area contributed by atoms with E-state index in [-0.39, 0.29) is 16.8 Å². The molecule has 0 atom stereocenters. The van der Waals surface area contributed by atoms with Crippen LogP contribution in [0.2, 0.25) is 0 Å². The Morgan fingerprint density at radius 1 is 0.862 bits per heavy atom. The molecule has 2 rings (SSSR count). The number of carbonyl (C=O) groups excluding carboxylic acids is 1. The van der Waals surface area contributed by atoms with Crippen LogP contribution in [0.4, 0.5) is 0 Å². The van der Waals surface area contributed by atoms with Gasteiger partial charge in [0, 0.05) is 17.5 Å². The van der Waals surface area contributed by atoms with E-state index in [0.29, 0.717) is 17.9 Å². The Kier molecular flexibility index (Phi) is 7.15. The van der Waals surface area contributed by atoms with Crippen molar-refractivity contribution in [3.8, 4) is 11.5 Å². The topological polar surface area (TPSA) is 46.5 Å². The van der Waals surface area contributed by atoms with Crippen LogP contribution in [-0.4, -0.2) is 11.1 Å². The molecule has 0 unspecified atom stereocenters. The molecule has 29 heavy (non-hydrogen) atoms. The van der Waals surface area contributed by atoms with Crippen molar-refractivity contribution in [1.29, 1.82) is 0 Å². The van der Waals surface area contributed by atoms with Crippen LogP contribution in [0.5, 0.6) is 11.5 Å². The van der Waals surface area contributed by atoms with E-state index in [2.05, 4.69) is 53.7 Å². The van der Waals surface area contributed by atoms with E-state index in [4.69, 9.17) is 4.74 Å². The van der Waals surface area contributed by atoms with Crippen molar-refractivity contribution in [3.63, 3.8) is 0 Å². The minimum Gasteiger partial charge on any atom is -0.508 e. The highest BCUT2D eigenvalue weighted by molar-refractivity contribution is 5.73. The monoisotopic (exact) mass is 396 g/mol. The van der Waals surface area contributed by atoms with Gasteiger partial charge in [0.2, 0.25) is 0 Å². The molecule has 0 aromatic heterocycles. The van der Waals surface area contributed by atoms with Crippen LogP contribution in [0.1, 0.15) is 83.6 Å². The quantitative estimate of drug-likeness (QED) is 0.449. The maximum absolute atomic E-state index is 12.1. The molecule has 3 heteroatoms. The average molecular weight is 397 g/mol. The van der Waals surface area contributed by atoms with Crippen LogP contribution in [0.25, 0.3) is 0 Å². The number of benzene rings is 2. The summed E-state index contributed by atoms with van der Waals surface area (Å²) in [5.41, 5.74) is 4.15. The normalized spacial score (nSPS) is 12.1. The van der Waals surface area contributed by atoms with E-state index >= 15 is 0 Å². The highest BCUT2D eigenvalue weighted by atomic mass is 16.5. The molecule has 3 nitrogen and oxygen atoms in total. The summed E-state index contributed by atoms with van der Waals surface area (Å²) in [4.78, 5) is 12.1. The number of hydrogen-bond acceptors (Lipinski definition) is 3. The first kappa shape index (κ1) is 23.0. The van der Waals surface area contributed by atoms with Crippen molar-refractivity contribution in [2.24, 2.45) is 0 Å². The third kappa shape index (κ3) is 5.85. The number of aryl methyl sites for hydroxylation is 2. The highest BCUT2D eigenvalue weighted by Gasteiger charge is 2.25. The van der Waals surface area contributed by atoms with Gasteiger partial charge < -0.3 is 9.84 Å². The Labute approximate surface area is 176 Å². The molecule has 0 radical (unpaired) electrons. The van der Waals surface area contributed by atoms with Crippen molar-refractivity contribution in [2.75, 3.05) is 0 Å². The number of hydrogen-bond donors (Lipinski definition) is 1. The van der Waals surface area contributed by atoms with Gasteiger partial charge >= 0.3 is 5.97 Å². The Hall–Kier alpha value is -2.29. The lowest BCUT2D eigenvalue weighted by Crippen LogP contribution is -2.19. The van der Waals surface area contributed by atoms with Crippen LogP contribution in [0.3, 0.4) is 0 Å². The summed E-state index contributed by atoms with van der Waals surface area (Å²) >= 11 is 0. The molecule has 158 valence electrons. The lowest BCUT2D eigenvalue weighted by Gasteiger charge is -2.27. The Balaban J connectivity index is 2.40. The Morgan fingerprint density at radius 2 is 1.38 bits per heavy atom. The molecule has 0 aliphatic heterocycles. The van der Waals surface area contributed by atoms with E-state index in [1.807, 2.05) is 25.1 Å². The van der Waals surface area contributed by atoms with Crippen LogP contribution < -0.4 is 4.74 Å². The number of aromatic hydroxyl groups is 1. The van der Waals surface area contributed by atoms with Crippen LogP contribution in [-0.2, 0) is 28.5 Å². The second-order valence-corrected chi connectivity index (χ2v) is 9.83. The summed E-state index contributed by atoms with van der Waals surface area (Å²) in [6.07, 6.45) is 2.83. The highest BCUT2D eigenvalue weighted by Crippen LogP contribution is 2.37. The molecule has 0 heterocycles. The van der Waals surface area contributed by atoms with E-state index < -0.39 is 0 Å². The zero-order valence-electron chi connectivity index (χ0n) is 19.1.